The molecule has 130 valence electrons. The summed E-state index contributed by atoms with van der Waals surface area (Å²) in [6, 6.07) is 0. The molecule has 0 heterocycles. The van der Waals surface area contributed by atoms with Gasteiger partial charge in [0, 0.05) is 0 Å². The van der Waals surface area contributed by atoms with E-state index in [0.29, 0.717) is 0 Å². The first-order valence-electron chi connectivity index (χ1n) is 9.17. The van der Waals surface area contributed by atoms with Crippen molar-refractivity contribution in [1.82, 2.24) is 0 Å². The van der Waals surface area contributed by atoms with Gasteiger partial charge in [0.1, 0.15) is 0 Å². The predicted octanol–water partition coefficient (Wildman–Crippen LogP) is 6.50. The average molecular weight is 417 g/mol. The fourth-order valence-electron chi connectivity index (χ4n) is 3.88. The predicted molar refractivity (Wildman–Crippen MR) is 100 cm³/mol. The fraction of sp³-hybridized carbons (Fsp3) is 0.842. The number of carboxylic acid groups (broad SMARTS) is 1. The van der Waals surface area contributed by atoms with Crippen LogP contribution in [0.1, 0.15) is 73.1 Å². The minimum atomic E-state index is -2.79. The van der Waals surface area contributed by atoms with E-state index in [1.807, 2.05) is 6.08 Å². The summed E-state index contributed by atoms with van der Waals surface area (Å²) in [5, 5.41) is 10.1. The van der Waals surface area contributed by atoms with Gasteiger partial charge in [0.05, 0.1) is 0 Å². The van der Waals surface area contributed by atoms with Gasteiger partial charge in [0.2, 0.25) is 0 Å². The molecule has 1 atom stereocenters. The van der Waals surface area contributed by atoms with E-state index in [2.05, 4.69) is 41.2 Å². The van der Waals surface area contributed by atoms with Crippen LogP contribution in [-0.4, -0.2) is 29.5 Å². The van der Waals surface area contributed by atoms with E-state index in [1.165, 1.54) is 51.8 Å². The van der Waals surface area contributed by atoms with Crippen LogP contribution in [0.4, 0.5) is 0 Å². The molecule has 0 saturated heterocycles. The summed E-state index contributed by atoms with van der Waals surface area (Å²) in [5.74, 6) is -0.552. The first kappa shape index (κ1) is 22.0. The molecule has 0 bridgehead atoms. The Morgan fingerprint density at radius 3 is 1.64 bits per heavy atom. The maximum absolute atomic E-state index is 12.2. The normalized spacial score (nSPS) is 13.9. The Kier molecular flexibility index (Phi) is 10.7. The second-order valence-electron chi connectivity index (χ2n) is 7.47. The van der Waals surface area contributed by atoms with Crippen molar-refractivity contribution in [3.05, 3.63) is 12.7 Å². The molecule has 0 aliphatic heterocycles. The van der Waals surface area contributed by atoms with Gasteiger partial charge in [-0.2, -0.15) is 0 Å². The molecule has 0 fully saturated rings. The number of carbonyl (C=O) groups is 1. The first-order valence-corrected chi connectivity index (χ1v) is 16.9. The summed E-state index contributed by atoms with van der Waals surface area (Å²) >= 11 is -2.79. The van der Waals surface area contributed by atoms with Crippen LogP contribution in [0.3, 0.4) is 0 Å². The third kappa shape index (κ3) is 6.25. The zero-order valence-electron chi connectivity index (χ0n) is 15.6. The number of unbranched alkanes of at least 4 members (excludes halogenated alkanes) is 3. The van der Waals surface area contributed by atoms with Crippen molar-refractivity contribution in [2.24, 2.45) is 5.41 Å². The number of rotatable bonds is 13. The molecule has 0 aromatic rings. The van der Waals surface area contributed by atoms with Crippen LogP contribution in [0, 0.1) is 5.41 Å². The molecule has 0 amide bonds. The zero-order valence-corrected chi connectivity index (χ0v) is 18.4. The van der Waals surface area contributed by atoms with Gasteiger partial charge in [0.15, 0.2) is 0 Å². The summed E-state index contributed by atoms with van der Waals surface area (Å²) in [6.45, 7) is 14.8. The fourth-order valence-corrected chi connectivity index (χ4v) is 23.9. The molecule has 0 aromatic carbocycles. The van der Waals surface area contributed by atoms with E-state index in [9.17, 15) is 9.90 Å². The summed E-state index contributed by atoms with van der Waals surface area (Å²) < 4.78 is 3.57. The van der Waals surface area contributed by atoms with Gasteiger partial charge in [-0.15, -0.1) is 0 Å². The van der Waals surface area contributed by atoms with Gasteiger partial charge in [-0.05, 0) is 0 Å². The van der Waals surface area contributed by atoms with Crippen LogP contribution in [0.2, 0.25) is 17.2 Å². The first-order chi connectivity index (χ1) is 10.3. The number of hydrogen-bond acceptors (Lipinski definition) is 1. The molecule has 2 nitrogen and oxygen atoms in total. The Morgan fingerprint density at radius 2 is 1.41 bits per heavy atom. The molecule has 0 aliphatic rings. The van der Waals surface area contributed by atoms with Gasteiger partial charge < -0.3 is 0 Å². The van der Waals surface area contributed by atoms with Crippen molar-refractivity contribution >= 4 is 24.3 Å². The van der Waals surface area contributed by atoms with Crippen molar-refractivity contribution in [3.8, 4) is 0 Å². The molecule has 0 radical (unpaired) electrons. The molecule has 0 spiro atoms. The molecule has 1 N–H and O–H groups in total. The average Bonchev–Trinajstić information content (AvgIpc) is 2.47. The second-order valence-corrected chi connectivity index (χ2v) is 21.2. The summed E-state index contributed by atoms with van der Waals surface area (Å²) in [4.78, 5) is 12.2. The monoisotopic (exact) mass is 418 g/mol. The molecular formula is C19H38O2Sn. The van der Waals surface area contributed by atoms with E-state index in [1.54, 1.807) is 0 Å². The van der Waals surface area contributed by atoms with E-state index >= 15 is 0 Å². The SMILES string of the molecule is C=CC(C)(C)[CH](C(=O)O)[Sn]([CH2]CCC)([CH2]CCC)[CH2]CCC. The number of hydrogen-bond donors (Lipinski definition) is 1. The topological polar surface area (TPSA) is 37.3 Å². The van der Waals surface area contributed by atoms with Crippen LogP contribution in [0.15, 0.2) is 12.7 Å². The number of allylic oxidation sites excluding steroid dienone is 1. The Morgan fingerprint density at radius 1 is 1.05 bits per heavy atom. The van der Waals surface area contributed by atoms with Crippen LogP contribution in [0.25, 0.3) is 0 Å². The van der Waals surface area contributed by atoms with E-state index in [-0.39, 0.29) is 9.35 Å². The van der Waals surface area contributed by atoms with Crippen LogP contribution in [-0.2, 0) is 4.79 Å². The molecule has 1 unspecified atom stereocenters. The molecular weight excluding hydrogens is 379 g/mol. The summed E-state index contributed by atoms with van der Waals surface area (Å²) in [5.41, 5.74) is -0.281. The van der Waals surface area contributed by atoms with E-state index in [4.69, 9.17) is 0 Å². The van der Waals surface area contributed by atoms with Gasteiger partial charge in [-0.25, -0.2) is 0 Å². The summed E-state index contributed by atoms with van der Waals surface area (Å²) in [7, 11) is 0. The number of aliphatic carboxylic acids is 1. The Hall–Kier alpha value is 0.00870. The Bertz CT molecular complexity index is 315. The van der Waals surface area contributed by atoms with Crippen molar-refractivity contribution in [2.75, 3.05) is 0 Å². The Labute approximate surface area is 142 Å². The van der Waals surface area contributed by atoms with Gasteiger partial charge in [-0.1, -0.05) is 0 Å². The molecule has 0 rings (SSSR count). The quantitative estimate of drug-likeness (QED) is 0.274. The zero-order chi connectivity index (χ0) is 17.2. The standard InChI is InChI=1S/C7H11O2.3C4H9.Sn/c1-4-7(2,3)5-6(8)9;3*1-3-4-2;/h4-5H,1H2,2-3H3,(H,8,9);3*1,3-4H2,2H3;. The van der Waals surface area contributed by atoms with Crippen molar-refractivity contribution in [2.45, 2.75) is 90.4 Å². The van der Waals surface area contributed by atoms with Crippen molar-refractivity contribution in [3.63, 3.8) is 0 Å². The van der Waals surface area contributed by atoms with Crippen LogP contribution < -0.4 is 0 Å². The van der Waals surface area contributed by atoms with Gasteiger partial charge in [-0.3, -0.25) is 0 Å². The van der Waals surface area contributed by atoms with Crippen LogP contribution in [0.5, 0.6) is 0 Å². The second kappa shape index (κ2) is 10.7. The Balaban J connectivity index is 5.76. The molecule has 0 saturated carbocycles. The summed E-state index contributed by atoms with van der Waals surface area (Å²) in [6.07, 6.45) is 9.07. The molecule has 0 aromatic heterocycles. The van der Waals surface area contributed by atoms with Crippen molar-refractivity contribution in [1.29, 1.82) is 0 Å². The maximum atomic E-state index is 12.2. The van der Waals surface area contributed by atoms with Gasteiger partial charge >= 0.3 is 143 Å². The van der Waals surface area contributed by atoms with Crippen molar-refractivity contribution < 1.29 is 9.90 Å². The van der Waals surface area contributed by atoms with E-state index in [0.717, 1.165) is 0 Å². The van der Waals surface area contributed by atoms with Crippen LogP contribution >= 0.6 is 0 Å². The molecule has 0 aliphatic carbocycles. The van der Waals surface area contributed by atoms with E-state index < -0.39 is 24.3 Å². The third-order valence-electron chi connectivity index (χ3n) is 5.21. The molecule has 22 heavy (non-hydrogen) atoms. The van der Waals surface area contributed by atoms with Gasteiger partial charge in [0.25, 0.3) is 0 Å². The minimum absolute atomic E-state index is 0.135. The third-order valence-corrected chi connectivity index (χ3v) is 23.1. The number of carboxylic acids is 1. The molecule has 3 heteroatoms.